The van der Waals surface area contributed by atoms with Crippen molar-refractivity contribution >= 4 is 11.8 Å². The number of amides is 2. The maximum atomic E-state index is 12.8. The van der Waals surface area contributed by atoms with Gasteiger partial charge in [0.25, 0.3) is 0 Å². The Labute approximate surface area is 128 Å². The topological polar surface area (TPSA) is 58.6 Å². The van der Waals surface area contributed by atoms with E-state index in [4.69, 9.17) is 4.74 Å². The number of carbonyl (C=O) groups excluding carboxylic acids is 2. The summed E-state index contributed by atoms with van der Waals surface area (Å²) in [5, 5.41) is 2.92. The van der Waals surface area contributed by atoms with Gasteiger partial charge in [-0.1, -0.05) is 41.0 Å². The van der Waals surface area contributed by atoms with Gasteiger partial charge >= 0.3 is 0 Å². The molecule has 1 aliphatic heterocycles. The molecule has 122 valence electrons. The molecule has 2 amide bonds. The third kappa shape index (κ3) is 4.19. The van der Waals surface area contributed by atoms with Crippen molar-refractivity contribution in [1.82, 2.24) is 10.2 Å². The van der Waals surface area contributed by atoms with Gasteiger partial charge in [0, 0.05) is 13.2 Å². The fraction of sp³-hybridized carbons (Fsp3) is 0.875. The smallest absolute Gasteiger partial charge is 0.246 e. The molecule has 21 heavy (non-hydrogen) atoms. The molecule has 0 aliphatic carbocycles. The number of piperazine rings is 1. The minimum absolute atomic E-state index is 0.00658. The van der Waals surface area contributed by atoms with E-state index < -0.39 is 6.04 Å². The molecule has 1 heterocycles. The van der Waals surface area contributed by atoms with Gasteiger partial charge in [0.2, 0.25) is 11.8 Å². The van der Waals surface area contributed by atoms with Crippen LogP contribution in [0, 0.1) is 11.3 Å². The number of nitrogens with zero attached hydrogens (tertiary/aromatic N) is 1. The molecule has 0 bridgehead atoms. The second-order valence-corrected chi connectivity index (χ2v) is 6.87. The first-order valence-corrected chi connectivity index (χ1v) is 7.92. The summed E-state index contributed by atoms with van der Waals surface area (Å²) in [6.07, 6.45) is 0.858. The van der Waals surface area contributed by atoms with Gasteiger partial charge in [-0.15, -0.1) is 0 Å². The van der Waals surface area contributed by atoms with Gasteiger partial charge in [0.05, 0.1) is 6.61 Å². The molecule has 0 saturated carbocycles. The lowest BCUT2D eigenvalue weighted by molar-refractivity contribution is -0.155. The molecule has 0 aromatic heterocycles. The molecule has 1 fully saturated rings. The number of ether oxygens (including phenoxy) is 1. The van der Waals surface area contributed by atoms with E-state index >= 15 is 0 Å². The maximum Gasteiger partial charge on any atom is 0.246 e. The summed E-state index contributed by atoms with van der Waals surface area (Å²) in [5.74, 6) is 0.101. The van der Waals surface area contributed by atoms with Crippen LogP contribution >= 0.6 is 0 Å². The van der Waals surface area contributed by atoms with Crippen molar-refractivity contribution in [2.75, 3.05) is 19.8 Å². The quantitative estimate of drug-likeness (QED) is 0.761. The van der Waals surface area contributed by atoms with Crippen molar-refractivity contribution in [2.45, 2.75) is 60.0 Å². The first kappa shape index (κ1) is 18.0. The largest absolute Gasteiger partial charge is 0.380 e. The van der Waals surface area contributed by atoms with Crippen molar-refractivity contribution in [3.8, 4) is 0 Å². The van der Waals surface area contributed by atoms with E-state index in [0.717, 1.165) is 6.42 Å². The van der Waals surface area contributed by atoms with Gasteiger partial charge in [-0.25, -0.2) is 0 Å². The lowest BCUT2D eigenvalue weighted by atomic mass is 9.82. The minimum atomic E-state index is -0.466. The Morgan fingerprint density at radius 2 is 1.90 bits per heavy atom. The van der Waals surface area contributed by atoms with Gasteiger partial charge in [-0.3, -0.25) is 9.59 Å². The van der Waals surface area contributed by atoms with E-state index in [9.17, 15) is 9.59 Å². The van der Waals surface area contributed by atoms with Gasteiger partial charge in [0.1, 0.15) is 12.1 Å². The predicted molar refractivity (Wildman–Crippen MR) is 82.8 cm³/mol. The Hall–Kier alpha value is -1.10. The molecule has 1 rings (SSSR count). The standard InChI is InChI=1S/C16H30N2O3/c1-7-11(3)12-14(19)17-13(16(4,5)6)15(20)18(12)9-10-21-8-2/h11-13H,7-10H2,1-6H3,(H,17,19). The van der Waals surface area contributed by atoms with E-state index in [-0.39, 0.29) is 29.2 Å². The predicted octanol–water partition coefficient (Wildman–Crippen LogP) is 1.81. The summed E-state index contributed by atoms with van der Waals surface area (Å²) in [6.45, 7) is 13.5. The third-order valence-electron chi connectivity index (χ3n) is 4.15. The molecule has 1 N–H and O–H groups in total. The van der Waals surface area contributed by atoms with Gasteiger partial charge in [-0.05, 0) is 18.3 Å². The zero-order chi connectivity index (χ0) is 16.2. The fourth-order valence-corrected chi connectivity index (χ4v) is 2.67. The minimum Gasteiger partial charge on any atom is -0.380 e. The van der Waals surface area contributed by atoms with Crippen molar-refractivity contribution in [2.24, 2.45) is 11.3 Å². The second-order valence-electron chi connectivity index (χ2n) is 6.87. The zero-order valence-corrected chi connectivity index (χ0v) is 14.2. The Balaban J connectivity index is 2.99. The van der Waals surface area contributed by atoms with Gasteiger partial charge < -0.3 is 15.0 Å². The Bertz CT molecular complexity index is 376. The highest BCUT2D eigenvalue weighted by atomic mass is 16.5. The average molecular weight is 298 g/mol. The number of nitrogens with one attached hydrogen (secondary N) is 1. The summed E-state index contributed by atoms with van der Waals surface area (Å²) >= 11 is 0. The summed E-state index contributed by atoms with van der Waals surface area (Å²) in [5.41, 5.74) is -0.295. The summed E-state index contributed by atoms with van der Waals surface area (Å²) in [6, 6.07) is -0.853. The SMILES string of the molecule is CCOCCN1C(=O)C(C(C)(C)C)NC(=O)C1C(C)CC. The summed E-state index contributed by atoms with van der Waals surface area (Å²) in [4.78, 5) is 27.0. The van der Waals surface area contributed by atoms with Gasteiger partial charge in [-0.2, -0.15) is 0 Å². The van der Waals surface area contributed by atoms with Crippen LogP contribution < -0.4 is 5.32 Å². The van der Waals surface area contributed by atoms with E-state index in [1.807, 2.05) is 41.5 Å². The normalized spacial score (nSPS) is 25.0. The Morgan fingerprint density at radius 3 is 2.38 bits per heavy atom. The fourth-order valence-electron chi connectivity index (χ4n) is 2.67. The van der Waals surface area contributed by atoms with E-state index in [1.165, 1.54) is 0 Å². The Morgan fingerprint density at radius 1 is 1.29 bits per heavy atom. The van der Waals surface area contributed by atoms with Crippen LogP contribution in [0.15, 0.2) is 0 Å². The first-order valence-electron chi connectivity index (χ1n) is 7.92. The van der Waals surface area contributed by atoms with Crippen molar-refractivity contribution in [1.29, 1.82) is 0 Å². The molecule has 0 radical (unpaired) electrons. The highest BCUT2D eigenvalue weighted by molar-refractivity contribution is 5.97. The van der Waals surface area contributed by atoms with Crippen molar-refractivity contribution < 1.29 is 14.3 Å². The highest BCUT2D eigenvalue weighted by Crippen LogP contribution is 2.28. The Kier molecular flexibility index (Phi) is 6.20. The third-order valence-corrected chi connectivity index (χ3v) is 4.15. The molecule has 3 atom stereocenters. The van der Waals surface area contributed by atoms with Crippen LogP contribution in [-0.4, -0.2) is 48.6 Å². The van der Waals surface area contributed by atoms with Crippen LogP contribution in [-0.2, 0) is 14.3 Å². The lowest BCUT2D eigenvalue weighted by Crippen LogP contribution is -2.68. The molecule has 1 aliphatic rings. The van der Waals surface area contributed by atoms with Crippen LogP contribution in [0.4, 0.5) is 0 Å². The lowest BCUT2D eigenvalue weighted by Gasteiger charge is -2.45. The van der Waals surface area contributed by atoms with Crippen LogP contribution in [0.25, 0.3) is 0 Å². The van der Waals surface area contributed by atoms with Crippen LogP contribution in [0.5, 0.6) is 0 Å². The van der Waals surface area contributed by atoms with Crippen LogP contribution in [0.1, 0.15) is 48.0 Å². The summed E-state index contributed by atoms with van der Waals surface area (Å²) < 4.78 is 5.38. The first-order chi connectivity index (χ1) is 9.73. The van der Waals surface area contributed by atoms with E-state index in [2.05, 4.69) is 5.32 Å². The highest BCUT2D eigenvalue weighted by Gasteiger charge is 2.46. The molecule has 3 unspecified atom stereocenters. The monoisotopic (exact) mass is 298 g/mol. The average Bonchev–Trinajstić information content (AvgIpc) is 2.40. The van der Waals surface area contributed by atoms with E-state index in [1.54, 1.807) is 4.90 Å². The number of rotatable bonds is 6. The van der Waals surface area contributed by atoms with Crippen LogP contribution in [0.3, 0.4) is 0 Å². The molecule has 1 saturated heterocycles. The molecular weight excluding hydrogens is 268 g/mol. The molecule has 5 nitrogen and oxygen atoms in total. The molecular formula is C16H30N2O3. The van der Waals surface area contributed by atoms with Gasteiger partial charge in [0.15, 0.2) is 0 Å². The number of hydrogen-bond acceptors (Lipinski definition) is 3. The maximum absolute atomic E-state index is 12.8. The second kappa shape index (κ2) is 7.25. The van der Waals surface area contributed by atoms with E-state index in [0.29, 0.717) is 19.8 Å². The molecule has 0 aromatic carbocycles. The van der Waals surface area contributed by atoms with Crippen molar-refractivity contribution in [3.05, 3.63) is 0 Å². The summed E-state index contributed by atoms with van der Waals surface area (Å²) in [7, 11) is 0. The molecule has 5 heteroatoms. The van der Waals surface area contributed by atoms with Crippen molar-refractivity contribution in [3.63, 3.8) is 0 Å². The zero-order valence-electron chi connectivity index (χ0n) is 14.2. The molecule has 0 spiro atoms. The number of hydrogen-bond donors (Lipinski definition) is 1. The molecule has 0 aromatic rings. The van der Waals surface area contributed by atoms with Crippen LogP contribution in [0.2, 0.25) is 0 Å². The number of carbonyl (C=O) groups is 2.